The van der Waals surface area contributed by atoms with Crippen LogP contribution in [0.15, 0.2) is 203 Å². The van der Waals surface area contributed by atoms with E-state index in [9.17, 15) is 0 Å². The predicted octanol–water partition coefficient (Wildman–Crippen LogP) is 15.2. The van der Waals surface area contributed by atoms with Gasteiger partial charge < -0.3 is 13.4 Å². The van der Waals surface area contributed by atoms with E-state index in [4.69, 9.17) is 23.8 Å². The summed E-state index contributed by atoms with van der Waals surface area (Å²) in [4.78, 5) is 16.2. The Morgan fingerprint density at radius 2 is 0.937 bits per heavy atom. The maximum atomic E-state index is 7.01. The van der Waals surface area contributed by atoms with Crippen molar-refractivity contribution in [2.24, 2.45) is 0 Å². The van der Waals surface area contributed by atoms with Crippen LogP contribution in [0.5, 0.6) is 0 Å². The smallest absolute Gasteiger partial charge is 0.166 e. The van der Waals surface area contributed by atoms with E-state index in [2.05, 4.69) is 156 Å². The molecule has 0 aliphatic rings. The Morgan fingerprint density at radius 1 is 0.333 bits per heavy atom. The third-order valence-electron chi connectivity index (χ3n) is 12.8. The molecule has 0 N–H and O–H groups in total. The van der Waals surface area contributed by atoms with Crippen molar-refractivity contribution < 1.29 is 8.83 Å². The van der Waals surface area contributed by atoms with Gasteiger partial charge in [0.25, 0.3) is 0 Å². The molecule has 0 spiro atoms. The molecule has 0 saturated heterocycles. The molecule has 14 rings (SSSR count). The Kier molecular flexibility index (Phi) is 7.02. The molecule has 4 heterocycles. The average molecular weight is 805 g/mol. The molecular formula is C57H32N4O2. The van der Waals surface area contributed by atoms with Crippen LogP contribution >= 0.6 is 0 Å². The van der Waals surface area contributed by atoms with Crippen molar-refractivity contribution in [2.45, 2.75) is 0 Å². The van der Waals surface area contributed by atoms with Crippen molar-refractivity contribution in [1.29, 1.82) is 0 Å². The summed E-state index contributed by atoms with van der Waals surface area (Å²) < 4.78 is 15.6. The van der Waals surface area contributed by atoms with Crippen molar-refractivity contribution in [3.63, 3.8) is 0 Å². The highest BCUT2D eigenvalue weighted by atomic mass is 16.3. The second-order valence-electron chi connectivity index (χ2n) is 16.3. The van der Waals surface area contributed by atoms with E-state index in [1.165, 1.54) is 21.5 Å². The van der Waals surface area contributed by atoms with Crippen LogP contribution in [0, 0.1) is 0 Å². The van der Waals surface area contributed by atoms with E-state index in [0.29, 0.717) is 17.5 Å². The first-order chi connectivity index (χ1) is 31.2. The summed E-state index contributed by atoms with van der Waals surface area (Å²) in [6.07, 6.45) is 0. The molecule has 0 unspecified atom stereocenters. The molecular weight excluding hydrogens is 773 g/mol. The molecule has 0 bridgehead atoms. The molecule has 63 heavy (non-hydrogen) atoms. The largest absolute Gasteiger partial charge is 0.456 e. The molecule has 6 heteroatoms. The van der Waals surface area contributed by atoms with E-state index in [0.717, 1.165) is 98.8 Å². The van der Waals surface area contributed by atoms with Crippen molar-refractivity contribution in [3.8, 4) is 39.9 Å². The topological polar surface area (TPSA) is 69.9 Å². The highest BCUT2D eigenvalue weighted by Crippen LogP contribution is 2.45. The van der Waals surface area contributed by atoms with Gasteiger partial charge in [0.1, 0.15) is 22.4 Å². The van der Waals surface area contributed by atoms with Crippen molar-refractivity contribution >= 4 is 98.0 Å². The summed E-state index contributed by atoms with van der Waals surface area (Å²) >= 11 is 0. The molecule has 0 radical (unpaired) electrons. The number of rotatable bonds is 4. The second-order valence-corrected chi connectivity index (χ2v) is 16.3. The number of para-hydroxylation sites is 2. The minimum Gasteiger partial charge on any atom is -0.456 e. The highest BCUT2D eigenvalue weighted by molar-refractivity contribution is 6.24. The zero-order chi connectivity index (χ0) is 41.2. The summed E-state index contributed by atoms with van der Waals surface area (Å²) in [6, 6.07) is 68.0. The first-order valence-electron chi connectivity index (χ1n) is 21.2. The summed E-state index contributed by atoms with van der Waals surface area (Å²) in [7, 11) is 0. The van der Waals surface area contributed by atoms with Gasteiger partial charge in [-0.1, -0.05) is 133 Å². The summed E-state index contributed by atoms with van der Waals surface area (Å²) in [5, 5.41) is 13.3. The average Bonchev–Trinajstić information content (AvgIpc) is 4.02. The molecule has 14 aromatic rings. The van der Waals surface area contributed by atoms with Crippen LogP contribution in [-0.2, 0) is 0 Å². The normalized spacial score (nSPS) is 12.1. The third kappa shape index (κ3) is 5.03. The molecule has 4 aromatic heterocycles. The van der Waals surface area contributed by atoms with E-state index < -0.39 is 0 Å². The van der Waals surface area contributed by atoms with Crippen LogP contribution in [0.25, 0.3) is 138 Å². The summed E-state index contributed by atoms with van der Waals surface area (Å²) in [6.45, 7) is 0. The molecule has 0 aliphatic heterocycles. The van der Waals surface area contributed by atoms with Gasteiger partial charge in [0.15, 0.2) is 23.1 Å². The molecule has 0 fully saturated rings. The zero-order valence-corrected chi connectivity index (χ0v) is 33.6. The molecule has 6 nitrogen and oxygen atoms in total. The van der Waals surface area contributed by atoms with Gasteiger partial charge >= 0.3 is 0 Å². The first kappa shape index (κ1) is 34.1. The van der Waals surface area contributed by atoms with Gasteiger partial charge in [-0.05, 0) is 93.0 Å². The minimum absolute atomic E-state index is 0.536. The van der Waals surface area contributed by atoms with Crippen molar-refractivity contribution in [1.82, 2.24) is 19.5 Å². The van der Waals surface area contributed by atoms with Crippen LogP contribution in [0.2, 0.25) is 0 Å². The Hall–Kier alpha value is -8.61. The number of hydrogen-bond donors (Lipinski definition) is 0. The number of fused-ring (bicyclic) bond motifs is 13. The number of hydrogen-bond acceptors (Lipinski definition) is 5. The number of nitrogens with zero attached hydrogens (tertiary/aromatic N) is 4. The fraction of sp³-hybridized carbons (Fsp3) is 0. The maximum Gasteiger partial charge on any atom is 0.166 e. The highest BCUT2D eigenvalue weighted by Gasteiger charge is 2.26. The molecule has 292 valence electrons. The van der Waals surface area contributed by atoms with Crippen LogP contribution in [-0.4, -0.2) is 19.5 Å². The van der Waals surface area contributed by atoms with E-state index in [1.807, 2.05) is 42.5 Å². The Bertz CT molecular complexity index is 4230. The third-order valence-corrected chi connectivity index (χ3v) is 12.8. The quantitative estimate of drug-likeness (QED) is 0.177. The van der Waals surface area contributed by atoms with Gasteiger partial charge in [0.2, 0.25) is 0 Å². The SMILES string of the molecule is c1ccc2cc3c(cc2c1)c1c2ccccc2ccc1n3-c1c(-c2nc(-c3ccc4oc5ccccc5c4c3)nc(-c3cccc4ccccc34)n2)ccc2c1oc1ccccc12. The first-order valence-corrected chi connectivity index (χ1v) is 21.2. The number of benzene rings is 10. The lowest BCUT2D eigenvalue weighted by Crippen LogP contribution is -2.04. The van der Waals surface area contributed by atoms with Gasteiger partial charge in [0.05, 0.1) is 11.0 Å². The van der Waals surface area contributed by atoms with Gasteiger partial charge in [-0.25, -0.2) is 15.0 Å². The van der Waals surface area contributed by atoms with E-state index >= 15 is 0 Å². The summed E-state index contributed by atoms with van der Waals surface area (Å²) in [5.74, 6) is 1.68. The lowest BCUT2D eigenvalue weighted by molar-refractivity contribution is 0.666. The van der Waals surface area contributed by atoms with Gasteiger partial charge in [0, 0.05) is 49.0 Å². The van der Waals surface area contributed by atoms with Gasteiger partial charge in [-0.3, -0.25) is 0 Å². The molecule has 10 aromatic carbocycles. The molecule has 0 atom stereocenters. The Labute approximate surface area is 358 Å². The predicted molar refractivity (Wildman–Crippen MR) is 258 cm³/mol. The van der Waals surface area contributed by atoms with Crippen LogP contribution in [0.4, 0.5) is 0 Å². The lowest BCUT2D eigenvalue weighted by Gasteiger charge is -2.16. The fourth-order valence-electron chi connectivity index (χ4n) is 9.92. The number of furan rings is 2. The Balaban J connectivity index is 1.13. The van der Waals surface area contributed by atoms with Crippen LogP contribution < -0.4 is 0 Å². The van der Waals surface area contributed by atoms with Gasteiger partial charge in [-0.15, -0.1) is 0 Å². The molecule has 0 amide bonds. The van der Waals surface area contributed by atoms with Crippen LogP contribution in [0.1, 0.15) is 0 Å². The lowest BCUT2D eigenvalue weighted by atomic mass is 10.0. The molecule has 0 saturated carbocycles. The van der Waals surface area contributed by atoms with Gasteiger partial charge in [-0.2, -0.15) is 0 Å². The van der Waals surface area contributed by atoms with Crippen molar-refractivity contribution in [3.05, 3.63) is 194 Å². The monoisotopic (exact) mass is 804 g/mol. The van der Waals surface area contributed by atoms with E-state index in [-0.39, 0.29) is 0 Å². The summed E-state index contributed by atoms with van der Waals surface area (Å²) in [5.41, 5.74) is 8.83. The number of aromatic nitrogens is 4. The Morgan fingerprint density at radius 3 is 1.75 bits per heavy atom. The second kappa shape index (κ2) is 12.9. The van der Waals surface area contributed by atoms with E-state index in [1.54, 1.807) is 0 Å². The zero-order valence-electron chi connectivity index (χ0n) is 33.6. The standard InChI is InChI=1S/C57H32N4O2/c1-2-15-36-32-48-46(30-35(36)14-1)52-39-18-6-4-13-34(39)24-28-47(52)61(48)53-44(27-26-42-40-19-7-10-23-50(40)63-54(42)53)57-59-55(37-25-29-51-45(31-37)41-20-8-9-22-49(41)62-51)58-56(60-57)43-21-11-16-33-12-3-5-17-38(33)43/h1-32H. The van der Waals surface area contributed by atoms with Crippen LogP contribution in [0.3, 0.4) is 0 Å². The fourth-order valence-corrected chi connectivity index (χ4v) is 9.92. The van der Waals surface area contributed by atoms with Crippen molar-refractivity contribution in [2.75, 3.05) is 0 Å². The minimum atomic E-state index is 0.536. The molecule has 0 aliphatic carbocycles. The maximum absolute atomic E-state index is 7.01.